The van der Waals surface area contributed by atoms with Crippen LogP contribution in [0.15, 0.2) is 6.20 Å². The first-order chi connectivity index (χ1) is 4.20. The fourth-order valence-electron chi connectivity index (χ4n) is 0.416. The molecule has 0 N–H and O–H groups in total. The lowest BCUT2D eigenvalue weighted by Gasteiger charge is -1.78. The first-order valence-electron chi connectivity index (χ1n) is 2.32. The second-order valence-corrected chi connectivity index (χ2v) is 2.51. The van der Waals surface area contributed by atoms with E-state index in [-0.39, 0.29) is 5.78 Å². The van der Waals surface area contributed by atoms with E-state index in [2.05, 4.69) is 4.98 Å². The van der Waals surface area contributed by atoms with Crippen LogP contribution in [0.3, 0.4) is 0 Å². The molecule has 48 valence electrons. The maximum Gasteiger partial charge on any atom is 0.269 e. The molecule has 2 nitrogen and oxygen atoms in total. The lowest BCUT2D eigenvalue weighted by molar-refractivity contribution is 0.102. The van der Waals surface area contributed by atoms with E-state index in [1.165, 1.54) is 13.1 Å². The van der Waals surface area contributed by atoms with Crippen molar-refractivity contribution in [3.8, 4) is 0 Å². The van der Waals surface area contributed by atoms with E-state index in [1.807, 2.05) is 0 Å². The lowest BCUT2D eigenvalue weighted by atomic mass is 10.4. The van der Waals surface area contributed by atoms with Gasteiger partial charge < -0.3 is 0 Å². The number of carbonyl (C=O) groups is 1. The molecule has 0 aliphatic carbocycles. The molecule has 0 aliphatic heterocycles. The number of Topliss-reactive ketones (excluding diaryl/α,β-unsaturated/α-hetero) is 1. The highest BCUT2D eigenvalue weighted by atomic mass is 32.1. The van der Waals surface area contributed by atoms with Crippen molar-refractivity contribution in [3.05, 3.63) is 16.3 Å². The van der Waals surface area contributed by atoms with Crippen molar-refractivity contribution in [2.75, 3.05) is 0 Å². The summed E-state index contributed by atoms with van der Waals surface area (Å²) >= 11 is 0.769. The van der Waals surface area contributed by atoms with Crippen LogP contribution in [-0.2, 0) is 0 Å². The van der Waals surface area contributed by atoms with E-state index in [1.54, 1.807) is 0 Å². The van der Waals surface area contributed by atoms with Gasteiger partial charge >= 0.3 is 0 Å². The number of aromatic nitrogens is 1. The summed E-state index contributed by atoms with van der Waals surface area (Å²) in [5.74, 6) is -0.142. The molecule has 0 atom stereocenters. The Morgan fingerprint density at radius 1 is 1.89 bits per heavy atom. The molecule has 0 aromatic carbocycles. The highest BCUT2D eigenvalue weighted by Gasteiger charge is 2.03. The van der Waals surface area contributed by atoms with Crippen LogP contribution in [0, 0.1) is 5.26 Å². The number of carbonyl (C=O) groups excluding carboxylic acids is 1. The zero-order chi connectivity index (χ0) is 6.85. The number of nitrogens with zero attached hydrogens (tertiary/aromatic N) is 1. The van der Waals surface area contributed by atoms with Crippen LogP contribution in [0.2, 0.25) is 0 Å². The molecule has 0 spiro atoms. The highest BCUT2D eigenvalue weighted by Crippen LogP contribution is 2.10. The number of hydrogen-bond acceptors (Lipinski definition) is 3. The van der Waals surface area contributed by atoms with Crippen LogP contribution in [0.1, 0.15) is 16.6 Å². The molecule has 0 saturated heterocycles. The van der Waals surface area contributed by atoms with Crippen molar-refractivity contribution < 1.29 is 9.18 Å². The SMILES string of the molecule is CC(=O)c1cnc(F)s1. The minimum absolute atomic E-state index is 0.142. The molecule has 1 heterocycles. The summed E-state index contributed by atoms with van der Waals surface area (Å²) in [7, 11) is 0. The molecule has 1 rings (SSSR count). The lowest BCUT2D eigenvalue weighted by Crippen LogP contribution is -1.83. The largest absolute Gasteiger partial charge is 0.294 e. The maximum atomic E-state index is 12.0. The van der Waals surface area contributed by atoms with Crippen molar-refractivity contribution in [1.82, 2.24) is 4.98 Å². The maximum absolute atomic E-state index is 12.0. The van der Waals surface area contributed by atoms with Crippen molar-refractivity contribution in [2.24, 2.45) is 0 Å². The fourth-order valence-corrected chi connectivity index (χ4v) is 0.952. The quantitative estimate of drug-likeness (QED) is 0.560. The first-order valence-corrected chi connectivity index (χ1v) is 3.14. The van der Waals surface area contributed by atoms with Crippen molar-refractivity contribution in [3.63, 3.8) is 0 Å². The van der Waals surface area contributed by atoms with Crippen molar-refractivity contribution >= 4 is 17.1 Å². The summed E-state index contributed by atoms with van der Waals surface area (Å²) in [5.41, 5.74) is 0. The van der Waals surface area contributed by atoms with Gasteiger partial charge in [0.1, 0.15) is 0 Å². The van der Waals surface area contributed by atoms with Crippen LogP contribution < -0.4 is 0 Å². The van der Waals surface area contributed by atoms with E-state index >= 15 is 0 Å². The summed E-state index contributed by atoms with van der Waals surface area (Å²) in [6, 6.07) is 0. The van der Waals surface area contributed by atoms with Crippen LogP contribution in [-0.4, -0.2) is 10.8 Å². The van der Waals surface area contributed by atoms with Gasteiger partial charge in [-0.25, -0.2) is 4.98 Å². The number of hydrogen-bond donors (Lipinski definition) is 0. The normalized spacial score (nSPS) is 9.56. The molecule has 1 aromatic rings. The molecule has 0 saturated carbocycles. The molecule has 0 amide bonds. The van der Waals surface area contributed by atoms with E-state index in [4.69, 9.17) is 0 Å². The summed E-state index contributed by atoms with van der Waals surface area (Å²) in [6.07, 6.45) is 1.24. The van der Waals surface area contributed by atoms with Gasteiger partial charge in [-0.15, -0.1) is 0 Å². The third-order valence-electron chi connectivity index (χ3n) is 0.824. The van der Waals surface area contributed by atoms with Crippen LogP contribution in [0.25, 0.3) is 0 Å². The minimum atomic E-state index is -0.555. The van der Waals surface area contributed by atoms with Gasteiger partial charge in [-0.3, -0.25) is 4.79 Å². The molecular formula is C5H4FNOS. The van der Waals surface area contributed by atoms with Gasteiger partial charge in [0, 0.05) is 6.92 Å². The summed E-state index contributed by atoms with van der Waals surface area (Å²) < 4.78 is 12.0. The standard InChI is InChI=1S/C5H4FNOS/c1-3(8)4-2-7-5(6)9-4/h2H,1H3. The van der Waals surface area contributed by atoms with Gasteiger partial charge in [0.2, 0.25) is 0 Å². The van der Waals surface area contributed by atoms with E-state index in [0.29, 0.717) is 4.88 Å². The Labute approximate surface area is 55.3 Å². The Kier molecular flexibility index (Phi) is 1.57. The molecule has 9 heavy (non-hydrogen) atoms. The Hall–Kier alpha value is -0.770. The van der Waals surface area contributed by atoms with Crippen molar-refractivity contribution in [1.29, 1.82) is 0 Å². The molecule has 1 aromatic heterocycles. The van der Waals surface area contributed by atoms with E-state index < -0.39 is 5.26 Å². The average Bonchev–Trinajstić information content (AvgIpc) is 2.14. The van der Waals surface area contributed by atoms with Crippen molar-refractivity contribution in [2.45, 2.75) is 6.92 Å². The third-order valence-corrected chi connectivity index (χ3v) is 1.71. The summed E-state index contributed by atoms with van der Waals surface area (Å²) in [5, 5.41) is -0.555. The molecule has 0 bridgehead atoms. The Balaban J connectivity index is 2.98. The zero-order valence-corrected chi connectivity index (χ0v) is 5.54. The molecule has 0 fully saturated rings. The summed E-state index contributed by atoms with van der Waals surface area (Å²) in [6.45, 7) is 1.38. The third kappa shape index (κ3) is 1.32. The predicted molar refractivity (Wildman–Crippen MR) is 32.1 cm³/mol. The average molecular weight is 145 g/mol. The van der Waals surface area contributed by atoms with Gasteiger partial charge in [0.15, 0.2) is 5.78 Å². The summed E-state index contributed by atoms with van der Waals surface area (Å²) in [4.78, 5) is 14.1. The van der Waals surface area contributed by atoms with Gasteiger partial charge in [0.25, 0.3) is 5.26 Å². The van der Waals surface area contributed by atoms with Gasteiger partial charge in [-0.05, 0) is 0 Å². The predicted octanol–water partition coefficient (Wildman–Crippen LogP) is 1.48. The molecule has 0 unspecified atom stereocenters. The second-order valence-electron chi connectivity index (χ2n) is 1.53. The number of rotatable bonds is 1. The molecular weight excluding hydrogens is 141 g/mol. The first kappa shape index (κ1) is 6.35. The zero-order valence-electron chi connectivity index (χ0n) is 4.72. The molecule has 0 radical (unpaired) electrons. The van der Waals surface area contributed by atoms with Gasteiger partial charge in [-0.1, -0.05) is 11.3 Å². The molecule has 0 aliphatic rings. The second kappa shape index (κ2) is 2.23. The number of ketones is 1. The Morgan fingerprint density at radius 3 is 2.78 bits per heavy atom. The smallest absolute Gasteiger partial charge is 0.269 e. The van der Waals surface area contributed by atoms with Crippen LogP contribution in [0.4, 0.5) is 4.39 Å². The van der Waals surface area contributed by atoms with Crippen LogP contribution >= 0.6 is 11.3 Å². The highest BCUT2D eigenvalue weighted by molar-refractivity contribution is 7.12. The monoisotopic (exact) mass is 145 g/mol. The Bertz CT molecular complexity index is 233. The number of thiazole rings is 1. The van der Waals surface area contributed by atoms with Crippen LogP contribution in [0.5, 0.6) is 0 Å². The van der Waals surface area contributed by atoms with Gasteiger partial charge in [0.05, 0.1) is 11.1 Å². The van der Waals surface area contributed by atoms with Gasteiger partial charge in [-0.2, -0.15) is 4.39 Å². The Morgan fingerprint density at radius 2 is 2.56 bits per heavy atom. The minimum Gasteiger partial charge on any atom is -0.294 e. The molecule has 4 heteroatoms. The topological polar surface area (TPSA) is 30.0 Å². The van der Waals surface area contributed by atoms with E-state index in [9.17, 15) is 9.18 Å². The van der Waals surface area contributed by atoms with E-state index in [0.717, 1.165) is 11.3 Å². The fraction of sp³-hybridized carbons (Fsp3) is 0.200. The number of halogens is 1.